The highest BCUT2D eigenvalue weighted by Gasteiger charge is 2.31. The van der Waals surface area contributed by atoms with Crippen molar-refractivity contribution in [3.8, 4) is 0 Å². The molecule has 0 radical (unpaired) electrons. The monoisotopic (exact) mass is 253 g/mol. The molecule has 0 spiro atoms. The number of nitrogens with two attached hydrogens (primary N) is 1. The number of ether oxygens (including phenoxy) is 1. The summed E-state index contributed by atoms with van der Waals surface area (Å²) in [4.78, 5) is 11.7. The third kappa shape index (κ3) is 1.65. The van der Waals surface area contributed by atoms with Crippen LogP contribution in [0.15, 0.2) is 28.0 Å². The van der Waals surface area contributed by atoms with E-state index in [4.69, 9.17) is 5.73 Å². The predicted octanol–water partition coefficient (Wildman–Crippen LogP) is 0.560. The molecule has 1 heterocycles. The molecule has 0 bridgehead atoms. The van der Waals surface area contributed by atoms with Gasteiger partial charge in [-0.15, -0.1) is 0 Å². The minimum absolute atomic E-state index is 0.0857. The molecule has 1 aliphatic rings. The Bertz CT molecular complexity index is 616. The number of methoxy groups -OCH3 is 1. The van der Waals surface area contributed by atoms with Gasteiger partial charge in [-0.05, 0) is 18.2 Å². The van der Waals surface area contributed by atoms with Crippen LogP contribution in [0.25, 0.3) is 6.08 Å². The Labute approximate surface area is 98.8 Å². The number of hydrogen-bond donors (Lipinski definition) is 1. The first-order valence-corrected chi connectivity index (χ1v) is 6.37. The summed E-state index contributed by atoms with van der Waals surface area (Å²) in [5.41, 5.74) is 5.98. The first-order valence-electron chi connectivity index (χ1n) is 4.89. The second kappa shape index (κ2) is 3.97. The molecule has 2 N–H and O–H groups in total. The molecule has 6 heteroatoms. The van der Waals surface area contributed by atoms with E-state index >= 15 is 0 Å². The summed E-state index contributed by atoms with van der Waals surface area (Å²) in [7, 11) is -2.28. The lowest BCUT2D eigenvalue weighted by molar-refractivity contribution is 0.0600. The average molecular weight is 253 g/mol. The fourth-order valence-corrected chi connectivity index (χ4v) is 3.25. The van der Waals surface area contributed by atoms with Gasteiger partial charge in [0, 0.05) is 12.1 Å². The van der Waals surface area contributed by atoms with Crippen molar-refractivity contribution in [1.29, 1.82) is 0 Å². The van der Waals surface area contributed by atoms with E-state index in [1.165, 1.54) is 31.4 Å². The van der Waals surface area contributed by atoms with E-state index in [1.54, 1.807) is 0 Å². The zero-order valence-electron chi connectivity index (χ0n) is 9.14. The molecule has 1 aromatic carbocycles. The number of hydrogen-bond acceptors (Lipinski definition) is 5. The van der Waals surface area contributed by atoms with Crippen LogP contribution in [0.2, 0.25) is 0 Å². The van der Waals surface area contributed by atoms with Crippen molar-refractivity contribution in [2.45, 2.75) is 4.90 Å². The van der Waals surface area contributed by atoms with Gasteiger partial charge in [-0.25, -0.2) is 13.2 Å². The fourth-order valence-electron chi connectivity index (χ4n) is 1.76. The molecular formula is C11H11NO4S. The molecule has 0 unspecified atom stereocenters. The van der Waals surface area contributed by atoms with Crippen LogP contribution in [0.4, 0.5) is 0 Å². The molecule has 0 fully saturated rings. The Kier molecular flexibility index (Phi) is 2.76. The topological polar surface area (TPSA) is 86.5 Å². The van der Waals surface area contributed by atoms with Crippen LogP contribution in [0.1, 0.15) is 15.9 Å². The Morgan fingerprint density at radius 1 is 1.41 bits per heavy atom. The zero-order valence-corrected chi connectivity index (χ0v) is 9.95. The van der Waals surface area contributed by atoms with Crippen molar-refractivity contribution in [2.24, 2.45) is 5.73 Å². The summed E-state index contributed by atoms with van der Waals surface area (Å²) in [6.07, 6.45) is 1.43. The van der Waals surface area contributed by atoms with E-state index in [0.717, 1.165) is 0 Å². The Morgan fingerprint density at radius 2 is 2.12 bits per heavy atom. The zero-order chi connectivity index (χ0) is 12.6. The van der Waals surface area contributed by atoms with E-state index in [9.17, 15) is 13.2 Å². The minimum Gasteiger partial charge on any atom is -0.465 e. The van der Waals surface area contributed by atoms with Gasteiger partial charge >= 0.3 is 5.97 Å². The van der Waals surface area contributed by atoms with Gasteiger partial charge in [0.1, 0.15) is 0 Å². The van der Waals surface area contributed by atoms with Crippen LogP contribution in [0.5, 0.6) is 0 Å². The first-order chi connectivity index (χ1) is 8.02. The van der Waals surface area contributed by atoms with Crippen molar-refractivity contribution >= 4 is 21.9 Å². The van der Waals surface area contributed by atoms with Gasteiger partial charge in [-0.3, -0.25) is 0 Å². The quantitative estimate of drug-likeness (QED) is 0.778. The lowest BCUT2D eigenvalue weighted by Gasteiger charge is -2.04. The average Bonchev–Trinajstić information content (AvgIpc) is 2.59. The molecule has 0 saturated carbocycles. The highest BCUT2D eigenvalue weighted by atomic mass is 32.2. The summed E-state index contributed by atoms with van der Waals surface area (Å²) in [5.74, 6) is -0.563. The lowest BCUT2D eigenvalue weighted by atomic mass is 10.1. The third-order valence-electron chi connectivity index (χ3n) is 2.61. The standard InChI is InChI=1S/C11H11NO4S/c1-16-11(13)8-3-2-4-10-9(8)5-7(6-12)17(10,14)15/h2-5H,6,12H2,1H3. The molecular weight excluding hydrogens is 242 g/mol. The second-order valence-electron chi connectivity index (χ2n) is 3.53. The van der Waals surface area contributed by atoms with Crippen LogP contribution in [0, 0.1) is 0 Å². The van der Waals surface area contributed by atoms with Gasteiger partial charge in [0.2, 0.25) is 9.84 Å². The maximum Gasteiger partial charge on any atom is 0.338 e. The smallest absolute Gasteiger partial charge is 0.338 e. The SMILES string of the molecule is COC(=O)c1cccc2c1C=C(CN)S2(=O)=O. The van der Waals surface area contributed by atoms with Crippen molar-refractivity contribution in [3.63, 3.8) is 0 Å². The number of carbonyl (C=O) groups excluding carboxylic acids is 1. The van der Waals surface area contributed by atoms with E-state index in [-0.39, 0.29) is 21.9 Å². The van der Waals surface area contributed by atoms with Crippen LogP contribution in [-0.4, -0.2) is 28.0 Å². The number of benzene rings is 1. The van der Waals surface area contributed by atoms with Gasteiger partial charge in [0.25, 0.3) is 0 Å². The number of sulfone groups is 1. The minimum atomic E-state index is -3.53. The van der Waals surface area contributed by atoms with Crippen LogP contribution >= 0.6 is 0 Å². The van der Waals surface area contributed by atoms with E-state index in [1.807, 2.05) is 0 Å². The Balaban J connectivity index is 2.71. The van der Waals surface area contributed by atoms with E-state index in [0.29, 0.717) is 5.56 Å². The number of fused-ring (bicyclic) bond motifs is 1. The van der Waals surface area contributed by atoms with Gasteiger partial charge in [0.15, 0.2) is 0 Å². The van der Waals surface area contributed by atoms with Crippen LogP contribution in [0.3, 0.4) is 0 Å². The molecule has 5 nitrogen and oxygen atoms in total. The summed E-state index contributed by atoms with van der Waals surface area (Å²) in [6.45, 7) is -0.0857. The van der Waals surface area contributed by atoms with Gasteiger partial charge in [0.05, 0.1) is 22.5 Å². The number of esters is 1. The van der Waals surface area contributed by atoms with Crippen molar-refractivity contribution in [3.05, 3.63) is 34.2 Å². The van der Waals surface area contributed by atoms with Crippen molar-refractivity contribution in [2.75, 3.05) is 13.7 Å². The first kappa shape index (κ1) is 11.8. The summed E-state index contributed by atoms with van der Waals surface area (Å²) >= 11 is 0. The van der Waals surface area contributed by atoms with E-state index < -0.39 is 15.8 Å². The molecule has 90 valence electrons. The molecule has 0 aromatic heterocycles. The molecule has 1 aliphatic heterocycles. The maximum absolute atomic E-state index is 12.0. The Morgan fingerprint density at radius 3 is 2.71 bits per heavy atom. The van der Waals surface area contributed by atoms with Gasteiger partial charge < -0.3 is 10.5 Å². The molecule has 2 rings (SSSR count). The fraction of sp³-hybridized carbons (Fsp3) is 0.182. The molecule has 17 heavy (non-hydrogen) atoms. The normalized spacial score (nSPS) is 16.2. The maximum atomic E-state index is 12.0. The van der Waals surface area contributed by atoms with Crippen LogP contribution in [-0.2, 0) is 14.6 Å². The predicted molar refractivity (Wildman–Crippen MR) is 62.0 cm³/mol. The van der Waals surface area contributed by atoms with E-state index in [2.05, 4.69) is 4.74 Å². The number of rotatable bonds is 2. The molecule has 1 aromatic rings. The second-order valence-corrected chi connectivity index (χ2v) is 5.50. The summed E-state index contributed by atoms with van der Waals surface area (Å²) < 4.78 is 28.6. The lowest BCUT2D eigenvalue weighted by Crippen LogP contribution is -2.10. The Hall–Kier alpha value is -1.66. The molecule has 0 atom stereocenters. The van der Waals surface area contributed by atoms with Crippen molar-refractivity contribution in [1.82, 2.24) is 0 Å². The number of carbonyl (C=O) groups is 1. The van der Waals surface area contributed by atoms with Crippen LogP contribution < -0.4 is 5.73 Å². The van der Waals surface area contributed by atoms with Crippen molar-refractivity contribution < 1.29 is 17.9 Å². The highest BCUT2D eigenvalue weighted by molar-refractivity contribution is 7.95. The summed E-state index contributed by atoms with van der Waals surface area (Å²) in [6, 6.07) is 4.49. The molecule has 0 saturated heterocycles. The highest BCUT2D eigenvalue weighted by Crippen LogP contribution is 2.34. The molecule has 0 amide bonds. The molecule has 0 aliphatic carbocycles. The van der Waals surface area contributed by atoms with Gasteiger partial charge in [-0.1, -0.05) is 6.07 Å². The third-order valence-corrected chi connectivity index (χ3v) is 4.52. The van der Waals surface area contributed by atoms with Gasteiger partial charge in [-0.2, -0.15) is 0 Å². The largest absolute Gasteiger partial charge is 0.465 e. The summed E-state index contributed by atoms with van der Waals surface area (Å²) in [5, 5.41) is 0.